The molecule has 1 aromatic rings. The molecule has 2 aliphatic rings. The third kappa shape index (κ3) is 4.63. The fraction of sp³-hybridized carbons (Fsp3) is 0.571. The number of hydrogen-bond acceptors (Lipinski definition) is 4. The number of piperazine rings is 1. The monoisotopic (exact) mass is 402 g/mol. The van der Waals surface area contributed by atoms with Crippen LogP contribution in [0.2, 0.25) is 0 Å². The Balaban J connectivity index is 1.52. The number of urea groups is 1. The first-order valence-electron chi connectivity index (χ1n) is 10.1. The van der Waals surface area contributed by atoms with E-state index in [0.29, 0.717) is 50.5 Å². The lowest BCUT2D eigenvalue weighted by molar-refractivity contribution is -0.129. The SMILES string of the molecule is COc1cc(C(=O)N2CCN(C(=O)NC3CC(=O)N(C(C)C)C3)CC2)ccc1C. The lowest BCUT2D eigenvalue weighted by Crippen LogP contribution is -2.54. The lowest BCUT2D eigenvalue weighted by Gasteiger charge is -2.35. The molecule has 1 aromatic carbocycles. The number of ether oxygens (including phenoxy) is 1. The van der Waals surface area contributed by atoms with Gasteiger partial charge in [0.1, 0.15) is 5.75 Å². The molecule has 2 aliphatic heterocycles. The van der Waals surface area contributed by atoms with Crippen LogP contribution in [0.3, 0.4) is 0 Å². The molecule has 8 heteroatoms. The second kappa shape index (κ2) is 8.71. The maximum Gasteiger partial charge on any atom is 0.317 e. The molecule has 29 heavy (non-hydrogen) atoms. The van der Waals surface area contributed by atoms with E-state index in [1.807, 2.05) is 26.8 Å². The standard InChI is InChI=1S/C21H30N4O4/c1-14(2)25-13-17(12-19(25)26)22-21(28)24-9-7-23(8-10-24)20(27)16-6-5-15(3)18(11-16)29-4/h5-6,11,14,17H,7-10,12-13H2,1-4H3,(H,22,28). The Morgan fingerprint density at radius 1 is 1.14 bits per heavy atom. The Hall–Kier alpha value is -2.77. The van der Waals surface area contributed by atoms with Gasteiger partial charge >= 0.3 is 6.03 Å². The van der Waals surface area contributed by atoms with E-state index < -0.39 is 0 Å². The maximum atomic E-state index is 12.8. The van der Waals surface area contributed by atoms with Crippen LogP contribution in [0, 0.1) is 6.92 Å². The normalized spacial score (nSPS) is 19.7. The minimum absolute atomic E-state index is 0.0580. The summed E-state index contributed by atoms with van der Waals surface area (Å²) in [5.41, 5.74) is 1.57. The summed E-state index contributed by atoms with van der Waals surface area (Å²) in [5, 5.41) is 2.97. The van der Waals surface area contributed by atoms with Crippen molar-refractivity contribution < 1.29 is 19.1 Å². The van der Waals surface area contributed by atoms with Gasteiger partial charge in [-0.1, -0.05) is 6.07 Å². The van der Waals surface area contributed by atoms with Gasteiger partial charge in [0.15, 0.2) is 0 Å². The number of rotatable bonds is 4. The van der Waals surface area contributed by atoms with Crippen molar-refractivity contribution in [1.29, 1.82) is 0 Å². The molecular formula is C21H30N4O4. The molecule has 0 aliphatic carbocycles. The Morgan fingerprint density at radius 3 is 2.38 bits per heavy atom. The predicted octanol–water partition coefficient (Wildman–Crippen LogP) is 1.48. The molecule has 158 valence electrons. The number of amides is 4. The lowest BCUT2D eigenvalue weighted by atomic mass is 10.1. The summed E-state index contributed by atoms with van der Waals surface area (Å²) >= 11 is 0. The number of carbonyl (C=O) groups excluding carboxylic acids is 3. The van der Waals surface area contributed by atoms with Crippen LogP contribution < -0.4 is 10.1 Å². The van der Waals surface area contributed by atoms with Gasteiger partial charge in [0.2, 0.25) is 5.91 Å². The third-order valence-electron chi connectivity index (χ3n) is 5.62. The van der Waals surface area contributed by atoms with Crippen LogP contribution in [0.5, 0.6) is 5.75 Å². The smallest absolute Gasteiger partial charge is 0.317 e. The molecule has 1 atom stereocenters. The quantitative estimate of drug-likeness (QED) is 0.827. The van der Waals surface area contributed by atoms with Crippen molar-refractivity contribution in [2.75, 3.05) is 39.8 Å². The summed E-state index contributed by atoms with van der Waals surface area (Å²) in [5.74, 6) is 0.710. The van der Waals surface area contributed by atoms with Gasteiger partial charge in [-0.3, -0.25) is 9.59 Å². The Bertz CT molecular complexity index is 787. The number of benzene rings is 1. The predicted molar refractivity (Wildman–Crippen MR) is 109 cm³/mol. The van der Waals surface area contributed by atoms with E-state index in [1.165, 1.54) is 0 Å². The van der Waals surface area contributed by atoms with Crippen LogP contribution in [0.4, 0.5) is 4.79 Å². The van der Waals surface area contributed by atoms with Gasteiger partial charge in [-0.25, -0.2) is 4.79 Å². The first-order chi connectivity index (χ1) is 13.8. The average molecular weight is 402 g/mol. The fourth-order valence-corrected chi connectivity index (χ4v) is 3.84. The number of aryl methyl sites for hydroxylation is 1. The van der Waals surface area contributed by atoms with E-state index in [9.17, 15) is 14.4 Å². The van der Waals surface area contributed by atoms with Crippen LogP contribution >= 0.6 is 0 Å². The highest BCUT2D eigenvalue weighted by Gasteiger charge is 2.33. The molecule has 1 N–H and O–H groups in total. The minimum Gasteiger partial charge on any atom is -0.496 e. The molecular weight excluding hydrogens is 372 g/mol. The van der Waals surface area contributed by atoms with E-state index in [-0.39, 0.29) is 29.9 Å². The summed E-state index contributed by atoms with van der Waals surface area (Å²) in [6.07, 6.45) is 0.345. The molecule has 2 heterocycles. The van der Waals surface area contributed by atoms with Crippen LogP contribution in [-0.2, 0) is 4.79 Å². The molecule has 2 saturated heterocycles. The Morgan fingerprint density at radius 2 is 1.79 bits per heavy atom. The zero-order valence-electron chi connectivity index (χ0n) is 17.6. The molecule has 0 spiro atoms. The zero-order valence-corrected chi connectivity index (χ0v) is 17.6. The highest BCUT2D eigenvalue weighted by Crippen LogP contribution is 2.21. The molecule has 1 unspecified atom stereocenters. The van der Waals surface area contributed by atoms with Crippen molar-refractivity contribution in [2.24, 2.45) is 0 Å². The molecule has 3 rings (SSSR count). The number of carbonyl (C=O) groups is 3. The Kier molecular flexibility index (Phi) is 6.30. The minimum atomic E-state index is -0.169. The van der Waals surface area contributed by atoms with Gasteiger partial charge in [0, 0.05) is 50.7 Å². The van der Waals surface area contributed by atoms with Crippen LogP contribution in [0.1, 0.15) is 36.2 Å². The largest absolute Gasteiger partial charge is 0.496 e. The van der Waals surface area contributed by atoms with Crippen LogP contribution in [0.15, 0.2) is 18.2 Å². The van der Waals surface area contributed by atoms with Crippen molar-refractivity contribution >= 4 is 17.8 Å². The third-order valence-corrected chi connectivity index (χ3v) is 5.62. The van der Waals surface area contributed by atoms with Crippen molar-refractivity contribution in [3.8, 4) is 5.75 Å². The maximum absolute atomic E-state index is 12.8. The van der Waals surface area contributed by atoms with Gasteiger partial charge in [-0.2, -0.15) is 0 Å². The molecule has 2 fully saturated rings. The van der Waals surface area contributed by atoms with Crippen molar-refractivity contribution in [3.63, 3.8) is 0 Å². The number of likely N-dealkylation sites (tertiary alicyclic amines) is 1. The average Bonchev–Trinajstić information content (AvgIpc) is 3.08. The summed E-state index contributed by atoms with van der Waals surface area (Å²) < 4.78 is 5.31. The van der Waals surface area contributed by atoms with Gasteiger partial charge in [-0.05, 0) is 38.5 Å². The van der Waals surface area contributed by atoms with Crippen LogP contribution in [0.25, 0.3) is 0 Å². The summed E-state index contributed by atoms with van der Waals surface area (Å²) in [4.78, 5) is 42.6. The molecule has 8 nitrogen and oxygen atoms in total. The fourth-order valence-electron chi connectivity index (χ4n) is 3.84. The number of nitrogens with zero attached hydrogens (tertiary/aromatic N) is 3. The van der Waals surface area contributed by atoms with Crippen molar-refractivity contribution in [1.82, 2.24) is 20.0 Å². The first-order valence-corrected chi connectivity index (χ1v) is 10.1. The highest BCUT2D eigenvalue weighted by molar-refractivity contribution is 5.95. The van der Waals surface area contributed by atoms with E-state index in [4.69, 9.17) is 4.74 Å². The van der Waals surface area contributed by atoms with Gasteiger partial charge in [0.05, 0.1) is 13.2 Å². The number of hydrogen-bond donors (Lipinski definition) is 1. The van der Waals surface area contributed by atoms with Gasteiger partial charge in [0.25, 0.3) is 5.91 Å². The van der Waals surface area contributed by atoms with E-state index in [2.05, 4.69) is 5.32 Å². The highest BCUT2D eigenvalue weighted by atomic mass is 16.5. The second-order valence-corrected chi connectivity index (χ2v) is 7.95. The molecule has 0 bridgehead atoms. The van der Waals surface area contributed by atoms with E-state index >= 15 is 0 Å². The van der Waals surface area contributed by atoms with Crippen LogP contribution in [-0.4, -0.2) is 84.5 Å². The number of nitrogens with one attached hydrogen (secondary N) is 1. The summed E-state index contributed by atoms with van der Waals surface area (Å²) in [6, 6.07) is 5.25. The van der Waals surface area contributed by atoms with Crippen molar-refractivity contribution in [3.05, 3.63) is 29.3 Å². The molecule has 0 aromatic heterocycles. The van der Waals surface area contributed by atoms with E-state index in [0.717, 1.165) is 5.56 Å². The molecule has 0 radical (unpaired) electrons. The molecule has 0 saturated carbocycles. The number of methoxy groups -OCH3 is 1. The topological polar surface area (TPSA) is 82.2 Å². The zero-order chi connectivity index (χ0) is 21.1. The first kappa shape index (κ1) is 21.0. The summed E-state index contributed by atoms with van der Waals surface area (Å²) in [7, 11) is 1.59. The molecule has 4 amide bonds. The Labute approximate surface area is 171 Å². The van der Waals surface area contributed by atoms with Crippen molar-refractivity contribution in [2.45, 2.75) is 39.3 Å². The second-order valence-electron chi connectivity index (χ2n) is 7.95. The summed E-state index contributed by atoms with van der Waals surface area (Å²) in [6.45, 7) is 8.32. The van der Waals surface area contributed by atoms with E-state index in [1.54, 1.807) is 33.9 Å². The van der Waals surface area contributed by atoms with Gasteiger partial charge in [-0.15, -0.1) is 0 Å². The van der Waals surface area contributed by atoms with Gasteiger partial charge < -0.3 is 24.8 Å².